The number of carbonyl (C=O) groups is 1. The summed E-state index contributed by atoms with van der Waals surface area (Å²) in [6.07, 6.45) is -3.79. The number of alkyl halides is 3. The third-order valence-electron chi connectivity index (χ3n) is 5.86. The number of benzene rings is 3. The Kier molecular flexibility index (Phi) is 7.03. The van der Waals surface area contributed by atoms with Crippen LogP contribution in [0, 0.1) is 17.1 Å². The van der Waals surface area contributed by atoms with Crippen LogP contribution in [-0.4, -0.2) is 37.1 Å². The van der Waals surface area contributed by atoms with Crippen LogP contribution in [-0.2, 0) is 6.18 Å². The van der Waals surface area contributed by atoms with Crippen LogP contribution in [0.4, 0.5) is 33.7 Å². The Bertz CT molecular complexity index is 1250. The van der Waals surface area contributed by atoms with Crippen molar-refractivity contribution in [3.8, 4) is 17.2 Å². The van der Waals surface area contributed by atoms with Gasteiger partial charge >= 0.3 is 12.2 Å². The van der Waals surface area contributed by atoms with E-state index in [1.54, 1.807) is 30.3 Å². The smallest absolute Gasteiger partial charge is 0.308 e. The summed E-state index contributed by atoms with van der Waals surface area (Å²) in [5.74, 6) is -1.40. The van der Waals surface area contributed by atoms with Crippen molar-refractivity contribution in [3.63, 3.8) is 0 Å². The number of urea groups is 1. The number of hydrogen-bond donors (Lipinski definition) is 1. The van der Waals surface area contributed by atoms with E-state index >= 15 is 0 Å². The molecule has 1 heterocycles. The summed E-state index contributed by atoms with van der Waals surface area (Å²) in [5, 5.41) is 11.6. The molecule has 180 valence electrons. The largest absolute Gasteiger partial charge is 0.419 e. The summed E-state index contributed by atoms with van der Waals surface area (Å²) < 4.78 is 52.9. The van der Waals surface area contributed by atoms with Crippen molar-refractivity contribution in [1.29, 1.82) is 5.26 Å². The molecule has 1 saturated heterocycles. The molecule has 0 atom stereocenters. The van der Waals surface area contributed by atoms with E-state index < -0.39 is 23.6 Å². The van der Waals surface area contributed by atoms with Gasteiger partial charge in [-0.3, -0.25) is 4.90 Å². The lowest BCUT2D eigenvalue weighted by atomic mass is 10.0. The van der Waals surface area contributed by atoms with Crippen LogP contribution in [0.1, 0.15) is 17.5 Å². The molecule has 0 bridgehead atoms. The van der Waals surface area contributed by atoms with Crippen molar-refractivity contribution < 1.29 is 22.4 Å². The molecule has 0 aromatic heterocycles. The zero-order valence-corrected chi connectivity index (χ0v) is 18.6. The predicted molar refractivity (Wildman–Crippen MR) is 125 cm³/mol. The summed E-state index contributed by atoms with van der Waals surface area (Å²) in [6.45, 7) is 2.78. The van der Waals surface area contributed by atoms with Gasteiger partial charge in [-0.15, -0.1) is 0 Å². The van der Waals surface area contributed by atoms with Gasteiger partial charge in [0.1, 0.15) is 5.82 Å². The van der Waals surface area contributed by atoms with Crippen LogP contribution in [0.5, 0.6) is 0 Å². The Balaban J connectivity index is 1.57. The number of amides is 2. The Morgan fingerprint density at radius 3 is 2.40 bits per heavy atom. The van der Waals surface area contributed by atoms with E-state index in [0.29, 0.717) is 36.5 Å². The normalized spacial score (nSPS) is 13.6. The van der Waals surface area contributed by atoms with E-state index in [1.807, 2.05) is 18.2 Å². The standard InChI is InChI=1S/C26H22F4N4O/c27-24-10-7-21(16-23(24)26(28,29)30)32-25(35)34(14-13-33-11-2-12-33)22-8-5-19(6-9-22)20-4-1-3-18(15-20)17-31/h1,3-10,15-16H,2,11-14H2,(H,32,35). The van der Waals surface area contributed by atoms with Crippen LogP contribution in [0.3, 0.4) is 0 Å². The summed E-state index contributed by atoms with van der Waals surface area (Å²) in [6, 6.07) is 18.1. The van der Waals surface area contributed by atoms with Crippen LogP contribution in [0.25, 0.3) is 11.1 Å². The van der Waals surface area contributed by atoms with Crippen LogP contribution in [0.15, 0.2) is 66.7 Å². The van der Waals surface area contributed by atoms with Crippen molar-refractivity contribution in [2.45, 2.75) is 12.6 Å². The van der Waals surface area contributed by atoms with Crippen molar-refractivity contribution in [2.75, 3.05) is 36.4 Å². The van der Waals surface area contributed by atoms with Crippen molar-refractivity contribution in [2.24, 2.45) is 0 Å². The van der Waals surface area contributed by atoms with E-state index in [9.17, 15) is 22.4 Å². The minimum atomic E-state index is -4.87. The fourth-order valence-corrected chi connectivity index (χ4v) is 3.81. The second-order valence-corrected chi connectivity index (χ2v) is 8.21. The number of nitrogens with zero attached hydrogens (tertiary/aromatic N) is 3. The molecule has 0 spiro atoms. The second-order valence-electron chi connectivity index (χ2n) is 8.21. The highest BCUT2D eigenvalue weighted by Crippen LogP contribution is 2.33. The Hall–Kier alpha value is -3.90. The van der Waals surface area contributed by atoms with Crippen LogP contribution < -0.4 is 10.2 Å². The Morgan fingerprint density at radius 2 is 1.77 bits per heavy atom. The van der Waals surface area contributed by atoms with Crippen molar-refractivity contribution in [3.05, 3.63) is 83.7 Å². The lowest BCUT2D eigenvalue weighted by Crippen LogP contribution is -2.45. The molecule has 5 nitrogen and oxygen atoms in total. The predicted octanol–water partition coefficient (Wildman–Crippen LogP) is 6.13. The minimum absolute atomic E-state index is 0.150. The topological polar surface area (TPSA) is 59.4 Å². The molecule has 1 fully saturated rings. The van der Waals surface area contributed by atoms with Gasteiger partial charge in [-0.2, -0.15) is 18.4 Å². The summed E-state index contributed by atoms with van der Waals surface area (Å²) in [5.41, 5.74) is 1.19. The molecule has 35 heavy (non-hydrogen) atoms. The minimum Gasteiger partial charge on any atom is -0.308 e. The molecule has 0 aliphatic carbocycles. The number of anilines is 2. The zero-order valence-electron chi connectivity index (χ0n) is 18.6. The molecule has 1 N–H and O–H groups in total. The van der Waals surface area contributed by atoms with E-state index in [-0.39, 0.29) is 5.69 Å². The molecule has 0 radical (unpaired) electrons. The van der Waals surface area contributed by atoms with E-state index in [4.69, 9.17) is 5.26 Å². The first kappa shape index (κ1) is 24.2. The highest BCUT2D eigenvalue weighted by molar-refractivity contribution is 6.02. The van der Waals surface area contributed by atoms with Gasteiger partial charge in [0.25, 0.3) is 0 Å². The molecule has 0 saturated carbocycles. The van der Waals surface area contributed by atoms with Gasteiger partial charge in [-0.1, -0.05) is 24.3 Å². The molecule has 0 unspecified atom stereocenters. The van der Waals surface area contributed by atoms with Gasteiger partial charge in [-0.25, -0.2) is 9.18 Å². The van der Waals surface area contributed by atoms with Crippen LogP contribution in [0.2, 0.25) is 0 Å². The molecule has 3 aromatic rings. The highest BCUT2D eigenvalue weighted by atomic mass is 19.4. The SMILES string of the molecule is N#Cc1cccc(-c2ccc(N(CCN3CCC3)C(=O)Nc3ccc(F)c(C(F)(F)F)c3)cc2)c1. The Morgan fingerprint density at radius 1 is 1.03 bits per heavy atom. The molecule has 9 heteroatoms. The van der Waals surface area contributed by atoms with E-state index in [1.165, 1.54) is 4.90 Å². The van der Waals surface area contributed by atoms with Crippen LogP contribution >= 0.6 is 0 Å². The van der Waals surface area contributed by atoms with E-state index in [2.05, 4.69) is 16.3 Å². The number of nitriles is 1. The number of hydrogen-bond acceptors (Lipinski definition) is 3. The highest BCUT2D eigenvalue weighted by Gasteiger charge is 2.34. The quantitative estimate of drug-likeness (QED) is 0.430. The third-order valence-corrected chi connectivity index (χ3v) is 5.86. The molecular formula is C26H22F4N4O. The fourth-order valence-electron chi connectivity index (χ4n) is 3.81. The lowest BCUT2D eigenvalue weighted by Gasteiger charge is -2.33. The first-order chi connectivity index (χ1) is 16.7. The summed E-state index contributed by atoms with van der Waals surface area (Å²) in [4.78, 5) is 16.7. The van der Waals surface area contributed by atoms with E-state index in [0.717, 1.165) is 36.7 Å². The molecule has 2 amide bonds. The first-order valence-corrected chi connectivity index (χ1v) is 11.0. The number of likely N-dealkylation sites (tertiary alicyclic amines) is 1. The van der Waals surface area contributed by atoms with Gasteiger partial charge in [0.05, 0.1) is 17.2 Å². The monoisotopic (exact) mass is 482 g/mol. The third kappa shape index (κ3) is 5.78. The zero-order chi connectivity index (χ0) is 25.0. The van der Waals surface area contributed by atoms with Gasteiger partial charge in [0.2, 0.25) is 0 Å². The average Bonchev–Trinajstić information content (AvgIpc) is 2.81. The summed E-state index contributed by atoms with van der Waals surface area (Å²) >= 11 is 0. The maximum absolute atomic E-state index is 13.6. The summed E-state index contributed by atoms with van der Waals surface area (Å²) in [7, 11) is 0. The molecule has 1 aliphatic heterocycles. The lowest BCUT2D eigenvalue weighted by molar-refractivity contribution is -0.139. The van der Waals surface area contributed by atoms with Gasteiger partial charge < -0.3 is 10.2 Å². The molecule has 3 aromatic carbocycles. The number of rotatable bonds is 6. The fraction of sp³-hybridized carbons (Fsp3) is 0.231. The second kappa shape index (κ2) is 10.2. The van der Waals surface area contributed by atoms with Crippen molar-refractivity contribution >= 4 is 17.4 Å². The van der Waals surface area contributed by atoms with Gasteiger partial charge in [-0.05, 0) is 73.1 Å². The average molecular weight is 482 g/mol. The number of nitrogens with one attached hydrogen (secondary N) is 1. The first-order valence-electron chi connectivity index (χ1n) is 11.0. The maximum atomic E-state index is 13.6. The molecular weight excluding hydrogens is 460 g/mol. The molecule has 1 aliphatic rings. The number of halogens is 4. The van der Waals surface area contributed by atoms with Crippen molar-refractivity contribution in [1.82, 2.24) is 4.90 Å². The molecule has 4 rings (SSSR count). The number of carbonyl (C=O) groups excluding carboxylic acids is 1. The van der Waals surface area contributed by atoms with Gasteiger partial charge in [0.15, 0.2) is 0 Å². The Labute approximate surface area is 200 Å². The maximum Gasteiger partial charge on any atom is 0.419 e. The van der Waals surface area contributed by atoms with Gasteiger partial charge in [0, 0.05) is 24.5 Å².